The number of hydrogen-bond donors (Lipinski definition) is 0. The van der Waals surface area contributed by atoms with Crippen LogP contribution in [0.25, 0.3) is 99.2 Å². The molecule has 2 aromatic heterocycles. The van der Waals surface area contributed by atoms with E-state index in [1.165, 1.54) is 32.3 Å². The fourth-order valence-electron chi connectivity index (χ4n) is 7.08. The summed E-state index contributed by atoms with van der Waals surface area (Å²) in [6.45, 7) is 0. The Morgan fingerprint density at radius 1 is 0.340 bits per heavy atom. The molecular weight excluding hydrogens is 574 g/mol. The van der Waals surface area contributed by atoms with Gasteiger partial charge in [-0.3, -0.25) is 0 Å². The van der Waals surface area contributed by atoms with Gasteiger partial charge in [0.1, 0.15) is 11.2 Å². The summed E-state index contributed by atoms with van der Waals surface area (Å²) in [5.41, 5.74) is 4.53. The van der Waals surface area contributed by atoms with Crippen molar-refractivity contribution >= 4 is 65.0 Å². The minimum absolute atomic E-state index is 0.618. The third-order valence-corrected chi connectivity index (χ3v) is 9.28. The quantitative estimate of drug-likeness (QED) is 0.190. The first kappa shape index (κ1) is 25.9. The van der Waals surface area contributed by atoms with Gasteiger partial charge in [-0.15, -0.1) is 0 Å². The van der Waals surface area contributed by atoms with E-state index in [2.05, 4.69) is 115 Å². The molecule has 0 N–H and O–H groups in total. The second-order valence-corrected chi connectivity index (χ2v) is 12.0. The van der Waals surface area contributed by atoms with Crippen molar-refractivity contribution in [3.05, 3.63) is 152 Å². The summed E-state index contributed by atoms with van der Waals surface area (Å²) in [5, 5.41) is 11.6. The molecular formula is C43H25N3O. The van der Waals surface area contributed by atoms with Crippen molar-refractivity contribution in [2.24, 2.45) is 0 Å². The summed E-state index contributed by atoms with van der Waals surface area (Å²) in [6, 6.07) is 52.7. The van der Waals surface area contributed by atoms with Crippen LogP contribution in [-0.2, 0) is 0 Å². The van der Waals surface area contributed by atoms with Crippen LogP contribution in [0.5, 0.6) is 0 Å². The lowest BCUT2D eigenvalue weighted by Gasteiger charge is -2.12. The number of benzene rings is 8. The maximum atomic E-state index is 6.42. The van der Waals surface area contributed by atoms with Crippen LogP contribution in [0, 0.1) is 0 Å². The smallest absolute Gasteiger partial charge is 0.164 e. The second-order valence-electron chi connectivity index (χ2n) is 12.0. The Bertz CT molecular complexity index is 2850. The standard InChI is InChI=1S/C43H25N3O/c1-2-11-28(12-3-1)41-44-42(46-43(45-41)35-24-29-13-5-6-14-31(29)33-16-8-9-17-34(33)35)30-21-22-37-36(25-30)40-38(47-37)23-20-27-19-18-26-10-4-7-15-32(26)39(27)40/h1-25H. The summed E-state index contributed by atoms with van der Waals surface area (Å²) in [4.78, 5) is 15.4. The monoisotopic (exact) mass is 599 g/mol. The zero-order chi connectivity index (χ0) is 30.9. The zero-order valence-electron chi connectivity index (χ0n) is 25.2. The molecule has 0 aliphatic carbocycles. The highest BCUT2D eigenvalue weighted by Gasteiger charge is 2.18. The Balaban J connectivity index is 1.26. The van der Waals surface area contributed by atoms with Crippen LogP contribution in [0.15, 0.2) is 156 Å². The highest BCUT2D eigenvalue weighted by Crippen LogP contribution is 2.40. The maximum Gasteiger partial charge on any atom is 0.164 e. The summed E-state index contributed by atoms with van der Waals surface area (Å²) in [6.07, 6.45) is 0. The number of fused-ring (bicyclic) bond motifs is 10. The van der Waals surface area contributed by atoms with Gasteiger partial charge in [0, 0.05) is 32.8 Å². The number of furan rings is 1. The Kier molecular flexibility index (Phi) is 5.54. The van der Waals surface area contributed by atoms with Crippen LogP contribution in [0.1, 0.15) is 0 Å². The van der Waals surface area contributed by atoms with Gasteiger partial charge in [-0.2, -0.15) is 0 Å². The van der Waals surface area contributed by atoms with E-state index in [0.717, 1.165) is 49.4 Å². The molecule has 0 atom stereocenters. The Morgan fingerprint density at radius 2 is 0.957 bits per heavy atom. The molecule has 0 spiro atoms. The molecule has 2 heterocycles. The molecule has 0 fully saturated rings. The molecule has 0 bridgehead atoms. The van der Waals surface area contributed by atoms with Gasteiger partial charge in [0.05, 0.1) is 0 Å². The molecule has 10 rings (SSSR count). The number of nitrogens with zero attached hydrogens (tertiary/aromatic N) is 3. The van der Waals surface area contributed by atoms with Crippen molar-refractivity contribution in [1.29, 1.82) is 0 Å². The highest BCUT2D eigenvalue weighted by molar-refractivity contribution is 6.26. The lowest BCUT2D eigenvalue weighted by atomic mass is 9.96. The second kappa shape index (κ2) is 10.1. The minimum atomic E-state index is 0.618. The molecule has 8 aromatic carbocycles. The summed E-state index contributed by atoms with van der Waals surface area (Å²) >= 11 is 0. The average molecular weight is 600 g/mol. The van der Waals surface area contributed by atoms with Gasteiger partial charge in [-0.1, -0.05) is 121 Å². The summed E-state index contributed by atoms with van der Waals surface area (Å²) in [7, 11) is 0. The zero-order valence-corrected chi connectivity index (χ0v) is 25.2. The third kappa shape index (κ3) is 4.05. The molecule has 0 radical (unpaired) electrons. The summed E-state index contributed by atoms with van der Waals surface area (Å²) < 4.78 is 6.42. The first-order chi connectivity index (χ1) is 23.3. The van der Waals surface area contributed by atoms with Gasteiger partial charge < -0.3 is 4.42 Å². The van der Waals surface area contributed by atoms with Gasteiger partial charge >= 0.3 is 0 Å². The van der Waals surface area contributed by atoms with Crippen molar-refractivity contribution in [3.63, 3.8) is 0 Å². The lowest BCUT2D eigenvalue weighted by Crippen LogP contribution is -2.00. The predicted octanol–water partition coefficient (Wildman–Crippen LogP) is 11.4. The highest BCUT2D eigenvalue weighted by atomic mass is 16.3. The summed E-state index contributed by atoms with van der Waals surface area (Å²) in [5.74, 6) is 1.90. The SMILES string of the molecule is c1ccc(-c2nc(-c3ccc4oc5ccc6ccc7ccccc7c6c5c4c3)nc(-c3cc4ccccc4c4ccccc34)n2)cc1. The molecule has 218 valence electrons. The third-order valence-electron chi connectivity index (χ3n) is 9.28. The normalized spacial score (nSPS) is 11.8. The van der Waals surface area contributed by atoms with Gasteiger partial charge in [0.25, 0.3) is 0 Å². The molecule has 0 aliphatic rings. The van der Waals surface area contributed by atoms with Crippen LogP contribution >= 0.6 is 0 Å². The molecule has 0 amide bonds. The number of rotatable bonds is 3. The lowest BCUT2D eigenvalue weighted by molar-refractivity contribution is 0.669. The van der Waals surface area contributed by atoms with E-state index in [-0.39, 0.29) is 0 Å². The van der Waals surface area contributed by atoms with E-state index in [1.54, 1.807) is 0 Å². The minimum Gasteiger partial charge on any atom is -0.456 e. The molecule has 0 saturated carbocycles. The van der Waals surface area contributed by atoms with Crippen molar-refractivity contribution in [2.75, 3.05) is 0 Å². The molecule has 0 aliphatic heterocycles. The van der Waals surface area contributed by atoms with E-state index >= 15 is 0 Å². The van der Waals surface area contributed by atoms with E-state index in [9.17, 15) is 0 Å². The topological polar surface area (TPSA) is 51.8 Å². The molecule has 0 unspecified atom stereocenters. The van der Waals surface area contributed by atoms with E-state index < -0.39 is 0 Å². The first-order valence-electron chi connectivity index (χ1n) is 15.8. The van der Waals surface area contributed by atoms with Crippen LogP contribution in [0.3, 0.4) is 0 Å². The van der Waals surface area contributed by atoms with E-state index in [4.69, 9.17) is 19.4 Å². The van der Waals surface area contributed by atoms with E-state index in [0.29, 0.717) is 17.5 Å². The van der Waals surface area contributed by atoms with Gasteiger partial charge in [0.2, 0.25) is 0 Å². The van der Waals surface area contributed by atoms with Crippen molar-refractivity contribution < 1.29 is 4.42 Å². The van der Waals surface area contributed by atoms with Crippen molar-refractivity contribution in [3.8, 4) is 34.2 Å². The van der Waals surface area contributed by atoms with Crippen LogP contribution in [0.4, 0.5) is 0 Å². The van der Waals surface area contributed by atoms with E-state index in [1.807, 2.05) is 36.4 Å². The number of aromatic nitrogens is 3. The van der Waals surface area contributed by atoms with Crippen LogP contribution in [-0.4, -0.2) is 15.0 Å². The van der Waals surface area contributed by atoms with Gasteiger partial charge in [-0.05, 0) is 68.0 Å². The first-order valence-corrected chi connectivity index (χ1v) is 15.8. The molecule has 10 aromatic rings. The van der Waals surface area contributed by atoms with Crippen molar-refractivity contribution in [2.45, 2.75) is 0 Å². The Labute approximate surface area is 269 Å². The fraction of sp³-hybridized carbons (Fsp3) is 0. The van der Waals surface area contributed by atoms with Crippen LogP contribution in [0.2, 0.25) is 0 Å². The average Bonchev–Trinajstić information content (AvgIpc) is 3.53. The Hall–Kier alpha value is -6.39. The number of hydrogen-bond acceptors (Lipinski definition) is 4. The Morgan fingerprint density at radius 3 is 1.81 bits per heavy atom. The fourth-order valence-corrected chi connectivity index (χ4v) is 7.08. The largest absolute Gasteiger partial charge is 0.456 e. The van der Waals surface area contributed by atoms with Gasteiger partial charge in [-0.25, -0.2) is 15.0 Å². The van der Waals surface area contributed by atoms with Crippen molar-refractivity contribution in [1.82, 2.24) is 15.0 Å². The molecule has 4 heteroatoms. The molecule has 4 nitrogen and oxygen atoms in total. The molecule has 47 heavy (non-hydrogen) atoms. The predicted molar refractivity (Wildman–Crippen MR) is 193 cm³/mol. The van der Waals surface area contributed by atoms with Crippen LogP contribution < -0.4 is 0 Å². The molecule has 0 saturated heterocycles. The van der Waals surface area contributed by atoms with Gasteiger partial charge in [0.15, 0.2) is 17.5 Å². The maximum absolute atomic E-state index is 6.42.